The van der Waals surface area contributed by atoms with Gasteiger partial charge >= 0.3 is 0 Å². The van der Waals surface area contributed by atoms with Crippen LogP contribution >= 0.6 is 0 Å². The number of hydrogen-bond acceptors (Lipinski definition) is 5. The van der Waals surface area contributed by atoms with Crippen LogP contribution in [-0.2, 0) is 0 Å². The quantitative estimate of drug-likeness (QED) is 0.758. The first kappa shape index (κ1) is 14.0. The normalized spacial score (nSPS) is 16.0. The average Bonchev–Trinajstić information content (AvgIpc) is 3.00. The van der Waals surface area contributed by atoms with Gasteiger partial charge in [0.2, 0.25) is 5.95 Å². The van der Waals surface area contributed by atoms with Gasteiger partial charge in [-0.25, -0.2) is 4.98 Å². The SMILES string of the molecule is Nc1nc(N)c2ncn(-c3ccc(C4CCCCC4)cc3)c2n1. The third kappa shape index (κ3) is 2.50. The van der Waals surface area contributed by atoms with E-state index in [1.807, 2.05) is 4.57 Å². The van der Waals surface area contributed by atoms with Crippen LogP contribution in [0.5, 0.6) is 0 Å². The van der Waals surface area contributed by atoms with Crippen molar-refractivity contribution in [3.63, 3.8) is 0 Å². The lowest BCUT2D eigenvalue weighted by Crippen LogP contribution is -2.05. The molecule has 0 saturated heterocycles. The highest BCUT2D eigenvalue weighted by Gasteiger charge is 2.16. The monoisotopic (exact) mass is 308 g/mol. The Morgan fingerprint density at radius 1 is 0.957 bits per heavy atom. The van der Waals surface area contributed by atoms with Gasteiger partial charge in [0.25, 0.3) is 0 Å². The molecular formula is C17H20N6. The van der Waals surface area contributed by atoms with E-state index in [1.165, 1.54) is 37.7 Å². The molecule has 6 nitrogen and oxygen atoms in total. The Morgan fingerprint density at radius 2 is 1.70 bits per heavy atom. The van der Waals surface area contributed by atoms with Crippen LogP contribution in [0.1, 0.15) is 43.6 Å². The second-order valence-electron chi connectivity index (χ2n) is 6.18. The van der Waals surface area contributed by atoms with Crippen LogP contribution in [0, 0.1) is 0 Å². The molecule has 3 aromatic rings. The van der Waals surface area contributed by atoms with Gasteiger partial charge in [-0.2, -0.15) is 9.97 Å². The van der Waals surface area contributed by atoms with E-state index in [4.69, 9.17) is 11.5 Å². The summed E-state index contributed by atoms with van der Waals surface area (Å²) in [6.07, 6.45) is 8.37. The van der Waals surface area contributed by atoms with Gasteiger partial charge in [0.05, 0.1) is 0 Å². The van der Waals surface area contributed by atoms with E-state index >= 15 is 0 Å². The maximum Gasteiger partial charge on any atom is 0.224 e. The summed E-state index contributed by atoms with van der Waals surface area (Å²) in [5, 5.41) is 0. The molecule has 0 atom stereocenters. The van der Waals surface area contributed by atoms with Crippen LogP contribution in [0.2, 0.25) is 0 Å². The van der Waals surface area contributed by atoms with Crippen molar-refractivity contribution < 1.29 is 0 Å². The van der Waals surface area contributed by atoms with Crippen molar-refractivity contribution in [2.75, 3.05) is 11.5 Å². The lowest BCUT2D eigenvalue weighted by molar-refractivity contribution is 0.443. The number of fused-ring (bicyclic) bond motifs is 1. The van der Waals surface area contributed by atoms with Crippen molar-refractivity contribution in [1.29, 1.82) is 0 Å². The lowest BCUT2D eigenvalue weighted by atomic mass is 9.84. The molecule has 1 fully saturated rings. The van der Waals surface area contributed by atoms with Crippen molar-refractivity contribution >= 4 is 22.9 Å². The number of benzene rings is 1. The van der Waals surface area contributed by atoms with Gasteiger partial charge in [-0.3, -0.25) is 4.57 Å². The number of anilines is 2. The van der Waals surface area contributed by atoms with Crippen molar-refractivity contribution in [3.05, 3.63) is 36.2 Å². The molecule has 2 heterocycles. The molecular weight excluding hydrogens is 288 g/mol. The standard InChI is InChI=1S/C17H20N6/c18-15-14-16(22-17(19)21-15)23(10-20-14)13-8-6-12(7-9-13)11-4-2-1-3-5-11/h6-11H,1-5H2,(H4,18,19,21,22). The summed E-state index contributed by atoms with van der Waals surface area (Å²) < 4.78 is 1.90. The van der Waals surface area contributed by atoms with Gasteiger partial charge in [0.1, 0.15) is 6.33 Å². The van der Waals surface area contributed by atoms with E-state index in [-0.39, 0.29) is 5.95 Å². The number of aromatic nitrogens is 4. The third-order valence-electron chi connectivity index (χ3n) is 4.69. The van der Waals surface area contributed by atoms with Crippen LogP contribution in [0.25, 0.3) is 16.9 Å². The molecule has 0 aliphatic heterocycles. The number of imidazole rings is 1. The molecule has 0 radical (unpaired) electrons. The van der Waals surface area contributed by atoms with Crippen molar-refractivity contribution in [2.45, 2.75) is 38.0 Å². The molecule has 4 rings (SSSR count). The van der Waals surface area contributed by atoms with E-state index in [2.05, 4.69) is 39.2 Å². The van der Waals surface area contributed by atoms with E-state index in [1.54, 1.807) is 6.33 Å². The number of rotatable bonds is 2. The molecule has 118 valence electrons. The summed E-state index contributed by atoms with van der Waals surface area (Å²) in [7, 11) is 0. The van der Waals surface area contributed by atoms with Crippen LogP contribution in [-0.4, -0.2) is 19.5 Å². The highest BCUT2D eigenvalue weighted by atomic mass is 15.2. The van der Waals surface area contributed by atoms with E-state index in [9.17, 15) is 0 Å². The van der Waals surface area contributed by atoms with Crippen LogP contribution in [0.4, 0.5) is 11.8 Å². The van der Waals surface area contributed by atoms with E-state index in [0.29, 0.717) is 22.9 Å². The Bertz CT molecular complexity index is 830. The molecule has 0 bridgehead atoms. The Kier molecular flexibility index (Phi) is 3.37. The van der Waals surface area contributed by atoms with Crippen LogP contribution in [0.15, 0.2) is 30.6 Å². The molecule has 0 amide bonds. The minimum absolute atomic E-state index is 0.163. The molecule has 4 N–H and O–H groups in total. The minimum Gasteiger partial charge on any atom is -0.382 e. The summed E-state index contributed by atoms with van der Waals surface area (Å²) in [6.45, 7) is 0. The second-order valence-corrected chi connectivity index (χ2v) is 6.18. The number of hydrogen-bond donors (Lipinski definition) is 2. The summed E-state index contributed by atoms with van der Waals surface area (Å²) in [5.74, 6) is 1.17. The van der Waals surface area contributed by atoms with Gasteiger partial charge in [-0.1, -0.05) is 31.4 Å². The highest BCUT2D eigenvalue weighted by Crippen LogP contribution is 2.33. The predicted octanol–water partition coefficient (Wildman–Crippen LogP) is 3.03. The van der Waals surface area contributed by atoms with Crippen molar-refractivity contribution in [2.24, 2.45) is 0 Å². The molecule has 0 spiro atoms. The average molecular weight is 308 g/mol. The Labute approximate surface area is 134 Å². The second kappa shape index (κ2) is 5.53. The first-order chi connectivity index (χ1) is 11.2. The van der Waals surface area contributed by atoms with Gasteiger partial charge in [-0.05, 0) is 36.5 Å². The summed E-state index contributed by atoms with van der Waals surface area (Å²) >= 11 is 0. The van der Waals surface area contributed by atoms with Gasteiger partial charge in [0, 0.05) is 5.69 Å². The zero-order valence-corrected chi connectivity index (χ0v) is 12.9. The molecule has 1 aromatic carbocycles. The Morgan fingerprint density at radius 3 is 2.43 bits per heavy atom. The zero-order chi connectivity index (χ0) is 15.8. The summed E-state index contributed by atoms with van der Waals surface area (Å²) in [4.78, 5) is 12.5. The fraction of sp³-hybridized carbons (Fsp3) is 0.353. The largest absolute Gasteiger partial charge is 0.382 e. The zero-order valence-electron chi connectivity index (χ0n) is 12.9. The van der Waals surface area contributed by atoms with Crippen molar-refractivity contribution in [1.82, 2.24) is 19.5 Å². The fourth-order valence-corrected chi connectivity index (χ4v) is 3.47. The van der Waals surface area contributed by atoms with Gasteiger partial charge in [-0.15, -0.1) is 0 Å². The molecule has 2 aromatic heterocycles. The smallest absolute Gasteiger partial charge is 0.224 e. The van der Waals surface area contributed by atoms with Gasteiger partial charge < -0.3 is 11.5 Å². The number of nitrogen functional groups attached to an aromatic ring is 2. The molecule has 0 unspecified atom stereocenters. The molecule has 1 aliphatic carbocycles. The van der Waals surface area contributed by atoms with Crippen LogP contribution < -0.4 is 11.5 Å². The van der Waals surface area contributed by atoms with E-state index < -0.39 is 0 Å². The molecule has 6 heteroatoms. The molecule has 1 aliphatic rings. The molecule has 23 heavy (non-hydrogen) atoms. The maximum atomic E-state index is 5.86. The number of nitrogens with two attached hydrogens (primary N) is 2. The van der Waals surface area contributed by atoms with Gasteiger partial charge in [0.15, 0.2) is 17.0 Å². The first-order valence-corrected chi connectivity index (χ1v) is 8.09. The first-order valence-electron chi connectivity index (χ1n) is 8.09. The minimum atomic E-state index is 0.163. The highest BCUT2D eigenvalue weighted by molar-refractivity contribution is 5.83. The third-order valence-corrected chi connectivity index (χ3v) is 4.69. The van der Waals surface area contributed by atoms with E-state index in [0.717, 1.165) is 5.69 Å². The summed E-state index contributed by atoms with van der Waals surface area (Å²) in [5.41, 5.74) is 15.2. The number of nitrogens with zero attached hydrogens (tertiary/aromatic N) is 4. The lowest BCUT2D eigenvalue weighted by Gasteiger charge is -2.22. The molecule has 1 saturated carbocycles. The maximum absolute atomic E-state index is 5.86. The van der Waals surface area contributed by atoms with Crippen LogP contribution in [0.3, 0.4) is 0 Å². The van der Waals surface area contributed by atoms with Crippen molar-refractivity contribution in [3.8, 4) is 5.69 Å². The summed E-state index contributed by atoms with van der Waals surface area (Å²) in [6, 6.07) is 8.65. The fourth-order valence-electron chi connectivity index (χ4n) is 3.47. The topological polar surface area (TPSA) is 95.6 Å². The Balaban J connectivity index is 1.71. The Hall–Kier alpha value is -2.63. The predicted molar refractivity (Wildman–Crippen MR) is 91.3 cm³/mol.